The summed E-state index contributed by atoms with van der Waals surface area (Å²) in [6, 6.07) is 7.55. The van der Waals surface area contributed by atoms with Gasteiger partial charge in [0.25, 0.3) is 5.91 Å². The summed E-state index contributed by atoms with van der Waals surface area (Å²) in [5.41, 5.74) is 1.75. The van der Waals surface area contributed by atoms with Crippen molar-refractivity contribution in [2.45, 2.75) is 13.8 Å². The number of carbonyl (C=O) groups is 1. The third-order valence-electron chi connectivity index (χ3n) is 4.14. The zero-order valence-electron chi connectivity index (χ0n) is 14.8. The molecule has 2 aromatic heterocycles. The third-order valence-corrected chi connectivity index (χ3v) is 4.14. The minimum absolute atomic E-state index is 0.0253. The van der Waals surface area contributed by atoms with Crippen molar-refractivity contribution in [3.05, 3.63) is 48.4 Å². The lowest BCUT2D eigenvalue weighted by Gasteiger charge is -2.36. The molecule has 1 aliphatic rings. The molecule has 132 valence electrons. The van der Waals surface area contributed by atoms with E-state index in [1.807, 2.05) is 17.0 Å². The van der Waals surface area contributed by atoms with Gasteiger partial charge >= 0.3 is 0 Å². The maximum atomic E-state index is 12.6. The predicted octanol–water partition coefficient (Wildman–Crippen LogP) is 2.47. The van der Waals surface area contributed by atoms with Crippen LogP contribution in [0.4, 0.5) is 5.69 Å². The molecule has 0 unspecified atom stereocenters. The Morgan fingerprint density at radius 1 is 1.12 bits per heavy atom. The third kappa shape index (κ3) is 4.47. The molecule has 1 amide bonds. The van der Waals surface area contributed by atoms with E-state index in [0.717, 1.165) is 18.8 Å². The molecule has 0 radical (unpaired) electrons. The summed E-state index contributed by atoms with van der Waals surface area (Å²) < 4.78 is 5.56. The van der Waals surface area contributed by atoms with E-state index in [-0.39, 0.29) is 5.91 Å². The number of carbonyl (C=O) groups excluding carboxylic acids is 1. The van der Waals surface area contributed by atoms with Crippen molar-refractivity contribution in [2.24, 2.45) is 5.92 Å². The van der Waals surface area contributed by atoms with Gasteiger partial charge in [-0.25, -0.2) is 4.98 Å². The molecule has 0 bridgehead atoms. The Morgan fingerprint density at radius 3 is 2.44 bits per heavy atom. The summed E-state index contributed by atoms with van der Waals surface area (Å²) in [5.74, 6) is 1.03. The molecule has 2 aromatic rings. The molecule has 0 aromatic carbocycles. The average Bonchev–Trinajstić information content (AvgIpc) is 2.67. The van der Waals surface area contributed by atoms with Crippen molar-refractivity contribution in [1.82, 2.24) is 14.9 Å². The highest BCUT2D eigenvalue weighted by molar-refractivity contribution is 5.94. The Hall–Kier alpha value is -2.63. The van der Waals surface area contributed by atoms with Crippen LogP contribution in [0.3, 0.4) is 0 Å². The summed E-state index contributed by atoms with van der Waals surface area (Å²) in [6.07, 6.45) is 5.19. The molecule has 0 atom stereocenters. The van der Waals surface area contributed by atoms with Gasteiger partial charge in [-0.3, -0.25) is 9.78 Å². The smallest absolute Gasteiger partial charge is 0.255 e. The number of piperazine rings is 1. The standard InChI is InChI=1S/C19H24N4O2/c1-15(2)14-25-18-4-3-16(13-21-18)19(24)23-11-9-22(10-12-23)17-5-7-20-8-6-17/h3-8,13,15H,9-12,14H2,1-2H3. The minimum atomic E-state index is 0.0253. The molecule has 0 saturated carbocycles. The van der Waals surface area contributed by atoms with Crippen LogP contribution in [0.5, 0.6) is 5.88 Å². The number of pyridine rings is 2. The Bertz CT molecular complexity index is 680. The Kier molecular flexibility index (Phi) is 5.48. The van der Waals surface area contributed by atoms with Crippen molar-refractivity contribution >= 4 is 11.6 Å². The molecular formula is C19H24N4O2. The van der Waals surface area contributed by atoms with Crippen molar-refractivity contribution in [3.63, 3.8) is 0 Å². The lowest BCUT2D eigenvalue weighted by molar-refractivity contribution is 0.0746. The van der Waals surface area contributed by atoms with E-state index in [9.17, 15) is 4.79 Å². The van der Waals surface area contributed by atoms with Gasteiger partial charge in [-0.15, -0.1) is 0 Å². The van der Waals surface area contributed by atoms with Crippen LogP contribution in [-0.2, 0) is 0 Å². The fraction of sp³-hybridized carbons (Fsp3) is 0.421. The molecule has 1 saturated heterocycles. The van der Waals surface area contributed by atoms with Crippen LogP contribution < -0.4 is 9.64 Å². The summed E-state index contributed by atoms with van der Waals surface area (Å²) in [4.78, 5) is 25.1. The molecule has 6 nitrogen and oxygen atoms in total. The molecule has 3 rings (SSSR count). The first-order chi connectivity index (χ1) is 12.1. The minimum Gasteiger partial charge on any atom is -0.477 e. The Balaban J connectivity index is 1.55. The SMILES string of the molecule is CC(C)COc1ccc(C(=O)N2CCN(c3ccncc3)CC2)cn1. The van der Waals surface area contributed by atoms with Gasteiger partial charge in [-0.1, -0.05) is 13.8 Å². The summed E-state index contributed by atoms with van der Waals surface area (Å²) in [6.45, 7) is 7.83. The highest BCUT2D eigenvalue weighted by Gasteiger charge is 2.22. The van der Waals surface area contributed by atoms with Crippen molar-refractivity contribution in [2.75, 3.05) is 37.7 Å². The summed E-state index contributed by atoms with van der Waals surface area (Å²) in [7, 11) is 0. The zero-order valence-corrected chi connectivity index (χ0v) is 14.8. The number of hydrogen-bond donors (Lipinski definition) is 0. The largest absolute Gasteiger partial charge is 0.477 e. The predicted molar refractivity (Wildman–Crippen MR) is 96.9 cm³/mol. The van der Waals surface area contributed by atoms with E-state index in [1.54, 1.807) is 30.7 Å². The van der Waals surface area contributed by atoms with Crippen molar-refractivity contribution in [3.8, 4) is 5.88 Å². The van der Waals surface area contributed by atoms with Crippen LogP contribution in [0.1, 0.15) is 24.2 Å². The first-order valence-corrected chi connectivity index (χ1v) is 8.66. The lowest BCUT2D eigenvalue weighted by atomic mass is 10.2. The molecule has 1 aliphatic heterocycles. The maximum absolute atomic E-state index is 12.6. The molecule has 3 heterocycles. The number of anilines is 1. The maximum Gasteiger partial charge on any atom is 0.255 e. The number of amides is 1. The van der Waals surface area contributed by atoms with E-state index in [1.165, 1.54) is 0 Å². The summed E-state index contributed by atoms with van der Waals surface area (Å²) >= 11 is 0. The van der Waals surface area contributed by atoms with Gasteiger partial charge in [0.1, 0.15) is 0 Å². The van der Waals surface area contributed by atoms with Crippen LogP contribution in [-0.4, -0.2) is 53.6 Å². The first-order valence-electron chi connectivity index (χ1n) is 8.66. The van der Waals surface area contributed by atoms with Crippen LogP contribution in [0.2, 0.25) is 0 Å². The van der Waals surface area contributed by atoms with E-state index >= 15 is 0 Å². The van der Waals surface area contributed by atoms with E-state index in [2.05, 4.69) is 28.7 Å². The van der Waals surface area contributed by atoms with Crippen molar-refractivity contribution < 1.29 is 9.53 Å². The fourth-order valence-electron chi connectivity index (χ4n) is 2.75. The second-order valence-corrected chi connectivity index (χ2v) is 6.57. The number of aromatic nitrogens is 2. The molecule has 0 N–H and O–H groups in total. The first kappa shape index (κ1) is 17.2. The highest BCUT2D eigenvalue weighted by atomic mass is 16.5. The fourth-order valence-corrected chi connectivity index (χ4v) is 2.75. The van der Waals surface area contributed by atoms with Gasteiger partial charge in [0, 0.05) is 56.5 Å². The van der Waals surface area contributed by atoms with Gasteiger partial charge in [-0.2, -0.15) is 0 Å². The highest BCUT2D eigenvalue weighted by Crippen LogP contribution is 2.17. The molecule has 25 heavy (non-hydrogen) atoms. The molecule has 1 fully saturated rings. The number of ether oxygens (including phenoxy) is 1. The van der Waals surface area contributed by atoms with E-state index < -0.39 is 0 Å². The Labute approximate surface area is 148 Å². The van der Waals surface area contributed by atoms with Gasteiger partial charge in [0.05, 0.1) is 12.2 Å². The normalized spacial score (nSPS) is 14.7. The molecular weight excluding hydrogens is 316 g/mol. The molecule has 6 heteroatoms. The monoisotopic (exact) mass is 340 g/mol. The quantitative estimate of drug-likeness (QED) is 0.837. The van der Waals surface area contributed by atoms with Gasteiger partial charge < -0.3 is 14.5 Å². The van der Waals surface area contributed by atoms with Gasteiger partial charge in [0.2, 0.25) is 5.88 Å². The second kappa shape index (κ2) is 7.96. The number of hydrogen-bond acceptors (Lipinski definition) is 5. The molecule has 0 aliphatic carbocycles. The second-order valence-electron chi connectivity index (χ2n) is 6.57. The van der Waals surface area contributed by atoms with Gasteiger partial charge in [-0.05, 0) is 24.1 Å². The number of nitrogens with zero attached hydrogens (tertiary/aromatic N) is 4. The van der Waals surface area contributed by atoms with Crippen LogP contribution in [0.15, 0.2) is 42.9 Å². The van der Waals surface area contributed by atoms with Crippen LogP contribution >= 0.6 is 0 Å². The Morgan fingerprint density at radius 2 is 1.84 bits per heavy atom. The van der Waals surface area contributed by atoms with E-state index in [4.69, 9.17) is 4.74 Å². The zero-order chi connectivity index (χ0) is 17.6. The molecule has 0 spiro atoms. The topological polar surface area (TPSA) is 58.6 Å². The van der Waals surface area contributed by atoms with E-state index in [0.29, 0.717) is 37.1 Å². The average molecular weight is 340 g/mol. The number of rotatable bonds is 5. The van der Waals surface area contributed by atoms with Crippen LogP contribution in [0.25, 0.3) is 0 Å². The lowest BCUT2D eigenvalue weighted by Crippen LogP contribution is -2.48. The summed E-state index contributed by atoms with van der Waals surface area (Å²) in [5, 5.41) is 0. The van der Waals surface area contributed by atoms with Crippen molar-refractivity contribution in [1.29, 1.82) is 0 Å². The van der Waals surface area contributed by atoms with Gasteiger partial charge in [0.15, 0.2) is 0 Å². The van der Waals surface area contributed by atoms with Crippen LogP contribution in [0, 0.1) is 5.92 Å².